The monoisotopic (exact) mass is 524 g/mol. The van der Waals surface area contributed by atoms with Crippen molar-refractivity contribution in [3.05, 3.63) is 177 Å². The summed E-state index contributed by atoms with van der Waals surface area (Å²) in [4.78, 5) is 0. The van der Waals surface area contributed by atoms with E-state index in [1.165, 1.54) is 27.2 Å². The second-order valence-corrected chi connectivity index (χ2v) is 14.2. The largest absolute Gasteiger partial charge is 0.195 e. The molecule has 0 nitrogen and oxygen atoms in total. The summed E-state index contributed by atoms with van der Waals surface area (Å²) in [6.07, 6.45) is 5.05. The molecule has 5 aromatic rings. The minimum atomic E-state index is -1.22. The molecule has 0 atom stereocenters. The van der Waals surface area contributed by atoms with Crippen LogP contribution in [0.4, 0.5) is 0 Å². The number of hydrogen-bond acceptors (Lipinski definition) is 0. The fraction of sp³-hybridized carbons (Fsp3) is 0.0811. The second-order valence-electron chi connectivity index (χ2n) is 10.2. The van der Waals surface area contributed by atoms with Crippen LogP contribution < -0.4 is 27.2 Å². The number of allylic oxidation sites excluding steroid dienone is 2. The molecular weight excluding hydrogens is 486 g/mol. The van der Waals surface area contributed by atoms with E-state index in [0.717, 1.165) is 12.3 Å². The van der Waals surface area contributed by atoms with E-state index >= 15 is 0 Å². The molecular formula is C37H38BP. The summed E-state index contributed by atoms with van der Waals surface area (Å²) in [6.45, 7) is 10.1. The molecule has 194 valence electrons. The van der Waals surface area contributed by atoms with Crippen molar-refractivity contribution in [3.63, 3.8) is 0 Å². The van der Waals surface area contributed by atoms with E-state index in [1.54, 1.807) is 0 Å². The maximum absolute atomic E-state index is 3.85. The molecule has 0 radical (unpaired) electrons. The van der Waals surface area contributed by atoms with Gasteiger partial charge in [0.25, 0.3) is 0 Å². The Hall–Kier alpha value is -3.93. The van der Waals surface area contributed by atoms with Gasteiger partial charge >= 0.3 is 0 Å². The van der Waals surface area contributed by atoms with Gasteiger partial charge in [-0.25, -0.2) is 0 Å². The van der Waals surface area contributed by atoms with E-state index in [2.05, 4.69) is 171 Å². The molecule has 0 unspecified atom stereocenters. The average Bonchev–Trinajstić information content (AvgIpc) is 3.01. The summed E-state index contributed by atoms with van der Waals surface area (Å²) >= 11 is 0. The van der Waals surface area contributed by atoms with Crippen LogP contribution in [0.1, 0.15) is 0 Å². The molecule has 0 amide bonds. The lowest BCUT2D eigenvalue weighted by atomic mass is 9.13. The Balaban J connectivity index is 0.000000215. The van der Waals surface area contributed by atoms with Crippen molar-refractivity contribution in [2.75, 3.05) is 19.0 Å². The van der Waals surface area contributed by atoms with Crippen molar-refractivity contribution < 1.29 is 0 Å². The molecule has 0 N–H and O–H groups in total. The van der Waals surface area contributed by atoms with Gasteiger partial charge in [0.05, 0.1) is 31.6 Å². The third-order valence-corrected chi connectivity index (χ3v) is 11.3. The Morgan fingerprint density at radius 3 is 0.974 bits per heavy atom. The summed E-state index contributed by atoms with van der Waals surface area (Å²) in [6, 6.07) is 54.3. The molecule has 0 fully saturated rings. The maximum atomic E-state index is 3.85. The van der Waals surface area contributed by atoms with Crippen LogP contribution in [-0.4, -0.2) is 25.1 Å². The molecule has 39 heavy (non-hydrogen) atoms. The van der Waals surface area contributed by atoms with Gasteiger partial charge in [0, 0.05) is 0 Å². The smallest absolute Gasteiger partial charge is 0.108 e. The van der Waals surface area contributed by atoms with Crippen LogP contribution in [0.25, 0.3) is 0 Å². The Labute approximate surface area is 236 Å². The van der Waals surface area contributed by atoms with E-state index < -0.39 is 13.4 Å². The average molecular weight is 524 g/mol. The van der Waals surface area contributed by atoms with Gasteiger partial charge in [-0.15, -0.1) is 0 Å². The molecule has 5 rings (SSSR count). The molecule has 0 spiro atoms. The van der Waals surface area contributed by atoms with E-state index in [0.29, 0.717) is 0 Å². The topological polar surface area (TPSA) is 0 Å². The first kappa shape index (κ1) is 28.1. The van der Waals surface area contributed by atoms with Crippen molar-refractivity contribution >= 4 is 40.6 Å². The molecule has 0 saturated carbocycles. The standard InChI is InChI=1S/C24H20B.C13H18P/c1-5-13-21(14-6-1)25(22-15-7-2-8-16-22,23-17-9-3-10-18-23)24-19-11-4-12-20-24;1-4-11-14(3,12-5-2)13-9-7-6-8-10-13/h1-20H;4-10H,1-2,11-12H2,3H3/q-1;+1. The normalized spacial score (nSPS) is 11.1. The third kappa shape index (κ3) is 6.39. The van der Waals surface area contributed by atoms with Crippen LogP contribution in [0.15, 0.2) is 177 Å². The molecule has 0 aliphatic rings. The zero-order valence-corrected chi connectivity index (χ0v) is 23.8. The highest BCUT2D eigenvalue weighted by atomic mass is 31.2. The molecule has 5 aromatic carbocycles. The molecule has 0 heterocycles. The van der Waals surface area contributed by atoms with Crippen LogP contribution in [0.5, 0.6) is 0 Å². The molecule has 0 saturated heterocycles. The Morgan fingerprint density at radius 1 is 0.462 bits per heavy atom. The zero-order chi connectivity index (χ0) is 27.4. The van der Waals surface area contributed by atoms with E-state index in [9.17, 15) is 0 Å². The van der Waals surface area contributed by atoms with Crippen molar-refractivity contribution in [1.29, 1.82) is 0 Å². The molecule has 0 aliphatic heterocycles. The highest BCUT2D eigenvalue weighted by molar-refractivity contribution is 7.82. The highest BCUT2D eigenvalue weighted by Gasteiger charge is 2.32. The van der Waals surface area contributed by atoms with Gasteiger partial charge in [-0.05, 0) is 12.1 Å². The van der Waals surface area contributed by atoms with Crippen molar-refractivity contribution in [2.24, 2.45) is 0 Å². The van der Waals surface area contributed by atoms with Gasteiger partial charge in [-0.2, -0.15) is 21.9 Å². The third-order valence-electron chi connectivity index (χ3n) is 7.64. The Bertz CT molecular complexity index is 1240. The summed E-state index contributed by atoms with van der Waals surface area (Å²) in [5, 5.41) is 1.47. The van der Waals surface area contributed by atoms with Gasteiger partial charge in [0.1, 0.15) is 6.15 Å². The zero-order valence-electron chi connectivity index (χ0n) is 22.9. The maximum Gasteiger partial charge on any atom is 0.108 e. The van der Waals surface area contributed by atoms with E-state index in [-0.39, 0.29) is 0 Å². The number of hydrogen-bond donors (Lipinski definition) is 0. The first-order valence-corrected chi connectivity index (χ1v) is 16.3. The van der Waals surface area contributed by atoms with Crippen LogP contribution in [0.3, 0.4) is 0 Å². The lowest BCUT2D eigenvalue weighted by Gasteiger charge is -2.44. The van der Waals surface area contributed by atoms with Gasteiger partial charge < -0.3 is 0 Å². The fourth-order valence-electron chi connectivity index (χ4n) is 5.76. The molecule has 0 bridgehead atoms. The number of rotatable bonds is 9. The van der Waals surface area contributed by atoms with Crippen molar-refractivity contribution in [1.82, 2.24) is 0 Å². The Kier molecular flexibility index (Phi) is 9.90. The van der Waals surface area contributed by atoms with Crippen LogP contribution in [0, 0.1) is 0 Å². The minimum Gasteiger partial charge on any atom is -0.195 e. The predicted octanol–water partition coefficient (Wildman–Crippen LogP) is 6.40. The van der Waals surface area contributed by atoms with Crippen LogP contribution in [-0.2, 0) is 0 Å². The number of benzene rings is 5. The lowest BCUT2D eigenvalue weighted by molar-refractivity contribution is 1.60. The van der Waals surface area contributed by atoms with Gasteiger partial charge in [0.2, 0.25) is 0 Å². The van der Waals surface area contributed by atoms with Crippen molar-refractivity contribution in [3.8, 4) is 0 Å². The van der Waals surface area contributed by atoms with Crippen LogP contribution >= 0.6 is 7.26 Å². The van der Waals surface area contributed by atoms with Gasteiger partial charge in [-0.1, -0.05) is 165 Å². The summed E-state index contributed by atoms with van der Waals surface area (Å²) < 4.78 is 0. The quantitative estimate of drug-likeness (QED) is 0.119. The van der Waals surface area contributed by atoms with Gasteiger partial charge in [-0.3, -0.25) is 0 Å². The summed E-state index contributed by atoms with van der Waals surface area (Å²) in [7, 11) is -1.06. The van der Waals surface area contributed by atoms with Gasteiger partial charge in [0.15, 0.2) is 0 Å². The summed E-state index contributed by atoms with van der Waals surface area (Å²) in [5.74, 6) is 0. The first-order valence-electron chi connectivity index (χ1n) is 13.6. The molecule has 2 heteroatoms. The molecule has 0 aliphatic carbocycles. The van der Waals surface area contributed by atoms with E-state index in [4.69, 9.17) is 0 Å². The Morgan fingerprint density at radius 2 is 0.718 bits per heavy atom. The lowest BCUT2D eigenvalue weighted by Crippen LogP contribution is -2.74. The second kappa shape index (κ2) is 13.7. The molecule has 0 aromatic heterocycles. The van der Waals surface area contributed by atoms with E-state index in [1.807, 2.05) is 12.2 Å². The SMILES string of the molecule is C=CC[P+](C)(CC=C)c1ccccc1.c1ccc([B-](c2ccccc2)(c2ccccc2)c2ccccc2)cc1. The minimum absolute atomic E-state index is 1.06. The van der Waals surface area contributed by atoms with Crippen molar-refractivity contribution in [2.45, 2.75) is 0 Å². The van der Waals surface area contributed by atoms with Crippen LogP contribution in [0.2, 0.25) is 0 Å². The summed E-state index contributed by atoms with van der Waals surface area (Å²) in [5.41, 5.74) is 5.36. The highest BCUT2D eigenvalue weighted by Crippen LogP contribution is 2.53. The predicted molar refractivity (Wildman–Crippen MR) is 179 cm³/mol. The first-order chi connectivity index (χ1) is 19.1. The fourth-order valence-corrected chi connectivity index (χ4v) is 8.37.